The molecule has 0 saturated heterocycles. The van der Waals surface area contributed by atoms with Gasteiger partial charge in [-0.2, -0.15) is 0 Å². The fourth-order valence-electron chi connectivity index (χ4n) is 1.91. The Morgan fingerprint density at radius 3 is 3.06 bits per heavy atom. The number of rotatable bonds is 5. The number of hydrogen-bond donors (Lipinski definition) is 2. The number of benzene rings is 1. The SMILES string of the molecule is CC(=O)CCCNc1ccc2c(c1)CC(=O)N2. The predicted octanol–water partition coefficient (Wildman–Crippen LogP) is 1.96. The third-order valence-electron chi connectivity index (χ3n) is 2.77. The summed E-state index contributed by atoms with van der Waals surface area (Å²) in [5.41, 5.74) is 2.94. The van der Waals surface area contributed by atoms with Crippen LogP contribution in [-0.2, 0) is 16.0 Å². The Morgan fingerprint density at radius 2 is 2.29 bits per heavy atom. The Balaban J connectivity index is 1.88. The zero-order valence-electron chi connectivity index (χ0n) is 9.88. The van der Waals surface area contributed by atoms with E-state index in [2.05, 4.69) is 10.6 Å². The topological polar surface area (TPSA) is 58.2 Å². The van der Waals surface area contributed by atoms with E-state index < -0.39 is 0 Å². The Bertz CT molecular complexity index is 455. The van der Waals surface area contributed by atoms with Crippen LogP contribution in [0.2, 0.25) is 0 Å². The fourth-order valence-corrected chi connectivity index (χ4v) is 1.91. The van der Waals surface area contributed by atoms with E-state index in [1.807, 2.05) is 18.2 Å². The Labute approximate surface area is 100 Å². The van der Waals surface area contributed by atoms with Crippen molar-refractivity contribution in [2.24, 2.45) is 0 Å². The number of carbonyl (C=O) groups excluding carboxylic acids is 2. The first-order chi connectivity index (χ1) is 8.15. The summed E-state index contributed by atoms with van der Waals surface area (Å²) in [4.78, 5) is 21.9. The molecular weight excluding hydrogens is 216 g/mol. The van der Waals surface area contributed by atoms with E-state index in [-0.39, 0.29) is 11.7 Å². The van der Waals surface area contributed by atoms with Crippen LogP contribution in [0, 0.1) is 0 Å². The first kappa shape index (κ1) is 11.6. The molecule has 2 rings (SSSR count). The highest BCUT2D eigenvalue weighted by atomic mass is 16.1. The number of fused-ring (bicyclic) bond motifs is 1. The summed E-state index contributed by atoms with van der Waals surface area (Å²) >= 11 is 0. The fraction of sp³-hybridized carbons (Fsp3) is 0.385. The Kier molecular flexibility index (Phi) is 3.42. The zero-order chi connectivity index (χ0) is 12.3. The Hall–Kier alpha value is -1.84. The van der Waals surface area contributed by atoms with Crippen molar-refractivity contribution in [3.05, 3.63) is 23.8 Å². The lowest BCUT2D eigenvalue weighted by Crippen LogP contribution is -2.03. The van der Waals surface area contributed by atoms with E-state index in [4.69, 9.17) is 0 Å². The maximum Gasteiger partial charge on any atom is 0.228 e. The van der Waals surface area contributed by atoms with E-state index in [9.17, 15) is 9.59 Å². The first-order valence-electron chi connectivity index (χ1n) is 5.81. The lowest BCUT2D eigenvalue weighted by molar-refractivity contribution is -0.117. The molecule has 90 valence electrons. The van der Waals surface area contributed by atoms with E-state index in [1.54, 1.807) is 6.92 Å². The van der Waals surface area contributed by atoms with Gasteiger partial charge in [0.15, 0.2) is 0 Å². The number of anilines is 2. The third kappa shape index (κ3) is 3.06. The van der Waals surface area contributed by atoms with Gasteiger partial charge in [0.2, 0.25) is 5.91 Å². The van der Waals surface area contributed by atoms with E-state index in [0.29, 0.717) is 12.8 Å². The van der Waals surface area contributed by atoms with Crippen LogP contribution in [-0.4, -0.2) is 18.2 Å². The second kappa shape index (κ2) is 4.99. The van der Waals surface area contributed by atoms with Crippen LogP contribution >= 0.6 is 0 Å². The largest absolute Gasteiger partial charge is 0.385 e. The lowest BCUT2D eigenvalue weighted by atomic mass is 10.1. The normalized spacial score (nSPS) is 13.1. The minimum absolute atomic E-state index is 0.0497. The van der Waals surface area contributed by atoms with Crippen LogP contribution in [0.25, 0.3) is 0 Å². The monoisotopic (exact) mass is 232 g/mol. The van der Waals surface area contributed by atoms with E-state index >= 15 is 0 Å². The van der Waals surface area contributed by atoms with Gasteiger partial charge in [-0.3, -0.25) is 4.79 Å². The second-order valence-electron chi connectivity index (χ2n) is 4.33. The summed E-state index contributed by atoms with van der Waals surface area (Å²) < 4.78 is 0. The van der Waals surface area contributed by atoms with Gasteiger partial charge in [0.25, 0.3) is 0 Å². The first-order valence-corrected chi connectivity index (χ1v) is 5.81. The van der Waals surface area contributed by atoms with Crippen LogP contribution in [0.4, 0.5) is 11.4 Å². The van der Waals surface area contributed by atoms with Crippen LogP contribution in [0.1, 0.15) is 25.3 Å². The van der Waals surface area contributed by atoms with E-state index in [0.717, 1.165) is 29.9 Å². The molecule has 0 unspecified atom stereocenters. The molecule has 1 amide bonds. The Morgan fingerprint density at radius 1 is 1.47 bits per heavy atom. The molecule has 0 aliphatic carbocycles. The molecule has 0 bridgehead atoms. The molecule has 2 N–H and O–H groups in total. The van der Waals surface area contributed by atoms with Crippen molar-refractivity contribution in [2.45, 2.75) is 26.2 Å². The summed E-state index contributed by atoms with van der Waals surface area (Å²) in [6.07, 6.45) is 1.90. The third-order valence-corrected chi connectivity index (χ3v) is 2.77. The van der Waals surface area contributed by atoms with Gasteiger partial charge in [0.05, 0.1) is 6.42 Å². The highest BCUT2D eigenvalue weighted by Gasteiger charge is 2.17. The molecule has 0 radical (unpaired) electrons. The number of carbonyl (C=O) groups is 2. The molecule has 17 heavy (non-hydrogen) atoms. The number of nitrogens with one attached hydrogen (secondary N) is 2. The molecule has 1 aromatic rings. The molecule has 0 spiro atoms. The molecule has 4 heteroatoms. The van der Waals surface area contributed by atoms with Crippen molar-refractivity contribution in [3.63, 3.8) is 0 Å². The average molecular weight is 232 g/mol. The smallest absolute Gasteiger partial charge is 0.228 e. The highest BCUT2D eigenvalue weighted by molar-refractivity contribution is 5.99. The molecule has 1 aromatic carbocycles. The molecule has 1 aliphatic heterocycles. The van der Waals surface area contributed by atoms with Crippen molar-refractivity contribution in [1.82, 2.24) is 0 Å². The zero-order valence-corrected chi connectivity index (χ0v) is 9.88. The van der Waals surface area contributed by atoms with E-state index in [1.165, 1.54) is 0 Å². The van der Waals surface area contributed by atoms with Crippen molar-refractivity contribution >= 4 is 23.1 Å². The van der Waals surface area contributed by atoms with Gasteiger partial charge in [-0.05, 0) is 37.1 Å². The predicted molar refractivity (Wildman–Crippen MR) is 67.2 cm³/mol. The molecule has 0 aromatic heterocycles. The summed E-state index contributed by atoms with van der Waals surface area (Å²) in [6.45, 7) is 2.38. The average Bonchev–Trinajstić information content (AvgIpc) is 2.63. The maximum absolute atomic E-state index is 11.2. The number of amides is 1. The van der Waals surface area contributed by atoms with Gasteiger partial charge >= 0.3 is 0 Å². The van der Waals surface area contributed by atoms with Crippen LogP contribution in [0.3, 0.4) is 0 Å². The minimum Gasteiger partial charge on any atom is -0.385 e. The van der Waals surface area contributed by atoms with Crippen molar-refractivity contribution < 1.29 is 9.59 Å². The number of hydrogen-bond acceptors (Lipinski definition) is 3. The molecule has 0 fully saturated rings. The number of ketones is 1. The molecule has 1 aliphatic rings. The van der Waals surface area contributed by atoms with Crippen molar-refractivity contribution in [2.75, 3.05) is 17.2 Å². The van der Waals surface area contributed by atoms with Crippen LogP contribution < -0.4 is 10.6 Å². The van der Waals surface area contributed by atoms with Gasteiger partial charge in [-0.25, -0.2) is 0 Å². The van der Waals surface area contributed by atoms with Gasteiger partial charge in [-0.1, -0.05) is 0 Å². The molecule has 0 atom stereocenters. The minimum atomic E-state index is 0.0497. The van der Waals surface area contributed by atoms with Gasteiger partial charge in [-0.15, -0.1) is 0 Å². The summed E-state index contributed by atoms with van der Waals surface area (Å²) in [5, 5.41) is 6.05. The quantitative estimate of drug-likeness (QED) is 0.763. The van der Waals surface area contributed by atoms with Crippen molar-refractivity contribution in [1.29, 1.82) is 0 Å². The van der Waals surface area contributed by atoms with Gasteiger partial charge in [0, 0.05) is 24.3 Å². The summed E-state index contributed by atoms with van der Waals surface area (Å²) in [6, 6.07) is 5.84. The molecule has 1 heterocycles. The van der Waals surface area contributed by atoms with Crippen LogP contribution in [0.5, 0.6) is 0 Å². The van der Waals surface area contributed by atoms with Gasteiger partial charge < -0.3 is 15.4 Å². The summed E-state index contributed by atoms with van der Waals surface area (Å²) in [7, 11) is 0. The molecular formula is C13H16N2O2. The lowest BCUT2D eigenvalue weighted by Gasteiger charge is -2.07. The molecule has 4 nitrogen and oxygen atoms in total. The molecule has 0 saturated carbocycles. The van der Waals surface area contributed by atoms with Crippen molar-refractivity contribution in [3.8, 4) is 0 Å². The highest BCUT2D eigenvalue weighted by Crippen LogP contribution is 2.25. The standard InChI is InChI=1S/C13H16N2O2/c1-9(16)3-2-6-14-11-4-5-12-10(7-11)8-13(17)15-12/h4-5,7,14H,2-3,6,8H2,1H3,(H,15,17). The van der Waals surface area contributed by atoms with Crippen LogP contribution in [0.15, 0.2) is 18.2 Å². The van der Waals surface area contributed by atoms with Gasteiger partial charge in [0.1, 0.15) is 5.78 Å². The maximum atomic E-state index is 11.2. The summed E-state index contributed by atoms with van der Waals surface area (Å²) in [5.74, 6) is 0.268. The number of Topliss-reactive ketones (excluding diaryl/α,β-unsaturated/α-hetero) is 1. The second-order valence-corrected chi connectivity index (χ2v) is 4.33.